The lowest BCUT2D eigenvalue weighted by molar-refractivity contribution is -0.143. The summed E-state index contributed by atoms with van der Waals surface area (Å²) in [6.45, 7) is 2.27. The molecule has 102 valence electrons. The van der Waals surface area contributed by atoms with Crippen LogP contribution >= 0.6 is 0 Å². The first-order valence-corrected chi connectivity index (χ1v) is 6.82. The zero-order chi connectivity index (χ0) is 13.1. The van der Waals surface area contributed by atoms with Crippen molar-refractivity contribution in [3.8, 4) is 0 Å². The molecule has 18 heavy (non-hydrogen) atoms. The molecule has 1 aliphatic rings. The van der Waals surface area contributed by atoms with Crippen molar-refractivity contribution in [1.29, 1.82) is 0 Å². The maximum atomic E-state index is 11.5. The van der Waals surface area contributed by atoms with E-state index in [0.717, 1.165) is 32.4 Å². The van der Waals surface area contributed by atoms with E-state index in [1.807, 2.05) is 6.08 Å². The van der Waals surface area contributed by atoms with E-state index in [1.54, 1.807) is 0 Å². The van der Waals surface area contributed by atoms with E-state index in [1.165, 1.54) is 0 Å². The fourth-order valence-corrected chi connectivity index (χ4v) is 1.82. The Hall–Kier alpha value is -1.16. The molecular weight excluding hydrogens is 230 g/mol. The molecule has 1 rings (SSSR count). The Bertz CT molecular complexity index is 287. The predicted octanol–water partition coefficient (Wildman–Crippen LogP) is 1.99. The van der Waals surface area contributed by atoms with Gasteiger partial charge in [0.1, 0.15) is 5.78 Å². The summed E-state index contributed by atoms with van der Waals surface area (Å²) in [6, 6.07) is 0. The summed E-state index contributed by atoms with van der Waals surface area (Å²) in [7, 11) is 0. The minimum absolute atomic E-state index is 0.190. The number of carbonyl (C=O) groups excluding carboxylic acids is 2. The molecule has 0 saturated heterocycles. The van der Waals surface area contributed by atoms with Crippen LogP contribution in [-0.4, -0.2) is 31.4 Å². The minimum Gasteiger partial charge on any atom is -0.465 e. The van der Waals surface area contributed by atoms with Crippen LogP contribution in [0.4, 0.5) is 0 Å². The number of hydrogen-bond donors (Lipinski definition) is 1. The maximum absolute atomic E-state index is 11.5. The average Bonchev–Trinajstić information content (AvgIpc) is 2.34. The van der Waals surface area contributed by atoms with E-state index in [0.29, 0.717) is 32.3 Å². The Morgan fingerprint density at radius 1 is 0.944 bits per heavy atom. The number of Topliss-reactive ketones (excluding diaryl/α,β-unsaturated/α-hetero) is 1. The minimum atomic E-state index is -0.190. The van der Waals surface area contributed by atoms with Gasteiger partial charge in [0, 0.05) is 19.3 Å². The lowest BCUT2D eigenvalue weighted by Gasteiger charge is -2.05. The highest BCUT2D eigenvalue weighted by atomic mass is 16.5. The topological polar surface area (TPSA) is 55.4 Å². The molecule has 0 amide bonds. The normalized spacial score (nSPS) is 21.6. The highest BCUT2D eigenvalue weighted by Crippen LogP contribution is 2.03. The van der Waals surface area contributed by atoms with Gasteiger partial charge in [0.15, 0.2) is 0 Å². The molecule has 1 heterocycles. The van der Waals surface area contributed by atoms with Crippen LogP contribution in [0.5, 0.6) is 0 Å². The number of hydrogen-bond acceptors (Lipinski definition) is 4. The molecule has 0 aromatic rings. The molecule has 1 N–H and O–H groups in total. The smallest absolute Gasteiger partial charge is 0.305 e. The molecule has 0 saturated carbocycles. The van der Waals surface area contributed by atoms with Gasteiger partial charge in [-0.25, -0.2) is 0 Å². The summed E-state index contributed by atoms with van der Waals surface area (Å²) in [4.78, 5) is 22.8. The van der Waals surface area contributed by atoms with Crippen LogP contribution in [0.25, 0.3) is 0 Å². The van der Waals surface area contributed by atoms with E-state index in [9.17, 15) is 9.59 Å². The molecule has 0 fully saturated rings. The third kappa shape index (κ3) is 8.01. The Kier molecular flexibility index (Phi) is 8.13. The van der Waals surface area contributed by atoms with Crippen molar-refractivity contribution in [3.63, 3.8) is 0 Å². The Morgan fingerprint density at radius 3 is 2.61 bits per heavy atom. The first kappa shape index (κ1) is 14.9. The molecular formula is C14H23NO3. The predicted molar refractivity (Wildman–Crippen MR) is 70.3 cm³/mol. The van der Waals surface area contributed by atoms with Crippen molar-refractivity contribution < 1.29 is 14.3 Å². The zero-order valence-corrected chi connectivity index (χ0v) is 11.0. The van der Waals surface area contributed by atoms with Crippen LogP contribution in [0.2, 0.25) is 0 Å². The molecule has 0 unspecified atom stereocenters. The molecule has 0 aliphatic carbocycles. The van der Waals surface area contributed by atoms with Gasteiger partial charge in [-0.3, -0.25) is 9.59 Å². The highest BCUT2D eigenvalue weighted by molar-refractivity contribution is 5.79. The second-order valence-corrected chi connectivity index (χ2v) is 4.52. The Morgan fingerprint density at radius 2 is 1.72 bits per heavy atom. The second-order valence-electron chi connectivity index (χ2n) is 4.52. The molecule has 0 radical (unpaired) electrons. The van der Waals surface area contributed by atoms with Crippen LogP contribution in [-0.2, 0) is 14.3 Å². The van der Waals surface area contributed by atoms with Crippen molar-refractivity contribution in [2.24, 2.45) is 0 Å². The summed E-state index contributed by atoms with van der Waals surface area (Å²) in [5.74, 6) is 0.0570. The fraction of sp³-hybridized carbons (Fsp3) is 0.714. The van der Waals surface area contributed by atoms with Gasteiger partial charge in [0.25, 0.3) is 0 Å². The summed E-state index contributed by atoms with van der Waals surface area (Å²) in [5, 5.41) is 3.31. The lowest BCUT2D eigenvalue weighted by atomic mass is 10.1. The summed E-state index contributed by atoms with van der Waals surface area (Å²) >= 11 is 0. The fourth-order valence-electron chi connectivity index (χ4n) is 1.82. The van der Waals surface area contributed by atoms with Gasteiger partial charge in [-0.1, -0.05) is 12.2 Å². The van der Waals surface area contributed by atoms with E-state index in [2.05, 4.69) is 11.4 Å². The number of ketones is 1. The largest absolute Gasteiger partial charge is 0.465 e. The Balaban J connectivity index is 2.29. The van der Waals surface area contributed by atoms with E-state index >= 15 is 0 Å². The van der Waals surface area contributed by atoms with Crippen molar-refractivity contribution in [3.05, 3.63) is 12.2 Å². The van der Waals surface area contributed by atoms with Gasteiger partial charge >= 0.3 is 5.97 Å². The number of esters is 1. The molecule has 4 nitrogen and oxygen atoms in total. The number of ether oxygens (including phenoxy) is 1. The van der Waals surface area contributed by atoms with Crippen molar-refractivity contribution in [2.45, 2.75) is 44.9 Å². The maximum Gasteiger partial charge on any atom is 0.305 e. The van der Waals surface area contributed by atoms with E-state index < -0.39 is 0 Å². The first-order chi connectivity index (χ1) is 8.79. The number of carbonyl (C=O) groups is 2. The lowest BCUT2D eigenvalue weighted by Crippen LogP contribution is -2.17. The third-order valence-electron chi connectivity index (χ3n) is 2.85. The van der Waals surface area contributed by atoms with E-state index in [4.69, 9.17) is 4.74 Å². The van der Waals surface area contributed by atoms with Crippen LogP contribution in [0, 0.1) is 0 Å². The highest BCUT2D eigenvalue weighted by Gasteiger charge is 2.06. The van der Waals surface area contributed by atoms with Gasteiger partial charge in [-0.2, -0.15) is 0 Å². The van der Waals surface area contributed by atoms with E-state index in [-0.39, 0.29) is 11.8 Å². The monoisotopic (exact) mass is 253 g/mol. The number of nitrogens with one attached hydrogen (secondary N) is 1. The van der Waals surface area contributed by atoms with Crippen LogP contribution in [0.15, 0.2) is 12.2 Å². The zero-order valence-electron chi connectivity index (χ0n) is 11.0. The van der Waals surface area contributed by atoms with Gasteiger partial charge in [0.2, 0.25) is 0 Å². The van der Waals surface area contributed by atoms with Crippen LogP contribution < -0.4 is 5.32 Å². The third-order valence-corrected chi connectivity index (χ3v) is 2.85. The molecule has 0 aromatic carbocycles. The standard InChI is InChI=1S/C14H23NO3/c16-13-7-5-9-14(17)18-12-4-2-1-3-10-15-11-6-8-13/h1-2,15H,3-12H2. The number of rotatable bonds is 0. The molecule has 4 heteroatoms. The van der Waals surface area contributed by atoms with Gasteiger partial charge in [-0.05, 0) is 38.8 Å². The van der Waals surface area contributed by atoms with Gasteiger partial charge in [-0.15, -0.1) is 0 Å². The second kappa shape index (κ2) is 9.83. The summed E-state index contributed by atoms with van der Waals surface area (Å²) < 4.78 is 5.06. The van der Waals surface area contributed by atoms with Gasteiger partial charge < -0.3 is 10.1 Å². The average molecular weight is 253 g/mol. The molecule has 0 spiro atoms. The van der Waals surface area contributed by atoms with Crippen LogP contribution in [0.3, 0.4) is 0 Å². The molecule has 0 atom stereocenters. The van der Waals surface area contributed by atoms with Gasteiger partial charge in [0.05, 0.1) is 6.61 Å². The first-order valence-electron chi connectivity index (χ1n) is 6.82. The SMILES string of the molecule is O=C1CCCNCCC=CCCOC(=O)CCC1. The number of cyclic esters (lactones) is 1. The van der Waals surface area contributed by atoms with Crippen molar-refractivity contribution in [1.82, 2.24) is 5.32 Å². The molecule has 0 bridgehead atoms. The summed E-state index contributed by atoms with van der Waals surface area (Å²) in [5.41, 5.74) is 0. The summed E-state index contributed by atoms with van der Waals surface area (Å²) in [6.07, 6.45) is 8.84. The Labute approximate surface area is 109 Å². The molecule has 1 aliphatic heterocycles. The quantitative estimate of drug-likeness (QED) is 0.530. The van der Waals surface area contributed by atoms with Crippen LogP contribution in [0.1, 0.15) is 44.9 Å². The van der Waals surface area contributed by atoms with Crippen molar-refractivity contribution >= 4 is 11.8 Å². The molecule has 0 aromatic heterocycles. The van der Waals surface area contributed by atoms with Crippen molar-refractivity contribution in [2.75, 3.05) is 19.7 Å².